The minimum Gasteiger partial charge on any atom is -0.454 e. The Labute approximate surface area is 182 Å². The quantitative estimate of drug-likeness (QED) is 0.566. The van der Waals surface area contributed by atoms with Crippen LogP contribution in [0.15, 0.2) is 65.6 Å². The molecule has 0 radical (unpaired) electrons. The first kappa shape index (κ1) is 20.3. The molecule has 1 aliphatic rings. The Bertz CT molecular complexity index is 1250. The summed E-state index contributed by atoms with van der Waals surface area (Å²) < 4.78 is 38.3. The van der Waals surface area contributed by atoms with Crippen LogP contribution in [-0.2, 0) is 10.0 Å². The standard InChI is InChI=1S/C20H14Cl2N2O5S/c21-15-6-1-2-7-17(15)24-30(26,27)14-5-3-4-13(10-14)23-20(25)12-8-16(22)19-18(9-12)28-11-29-19/h1-10,24H,11H2,(H,23,25). The molecule has 3 aromatic rings. The number of anilines is 2. The predicted molar refractivity (Wildman–Crippen MR) is 114 cm³/mol. The maximum atomic E-state index is 12.7. The zero-order valence-corrected chi connectivity index (χ0v) is 17.5. The molecule has 1 heterocycles. The molecule has 0 aliphatic carbocycles. The highest BCUT2D eigenvalue weighted by Crippen LogP contribution is 2.40. The van der Waals surface area contributed by atoms with Crippen molar-refractivity contribution < 1.29 is 22.7 Å². The number of nitrogens with one attached hydrogen (secondary N) is 2. The van der Waals surface area contributed by atoms with Crippen molar-refractivity contribution in [3.8, 4) is 11.5 Å². The summed E-state index contributed by atoms with van der Waals surface area (Å²) in [5.74, 6) is 0.267. The molecule has 2 N–H and O–H groups in total. The summed E-state index contributed by atoms with van der Waals surface area (Å²) in [6.07, 6.45) is 0. The van der Waals surface area contributed by atoms with E-state index >= 15 is 0 Å². The lowest BCUT2D eigenvalue weighted by molar-refractivity contribution is 0.102. The number of amides is 1. The molecular formula is C20H14Cl2N2O5S. The zero-order valence-electron chi connectivity index (χ0n) is 15.2. The molecular weight excluding hydrogens is 451 g/mol. The Morgan fingerprint density at radius 1 is 0.933 bits per heavy atom. The van der Waals surface area contributed by atoms with Crippen LogP contribution in [0.2, 0.25) is 10.0 Å². The Kier molecular flexibility index (Phi) is 5.46. The Hall–Kier alpha value is -2.94. The number of carbonyl (C=O) groups excluding carboxylic acids is 1. The van der Waals surface area contributed by atoms with Gasteiger partial charge in [0.2, 0.25) is 6.79 Å². The maximum Gasteiger partial charge on any atom is 0.262 e. The van der Waals surface area contributed by atoms with Crippen LogP contribution in [0.1, 0.15) is 10.4 Å². The summed E-state index contributed by atoms with van der Waals surface area (Å²) in [5, 5.41) is 3.17. The van der Waals surface area contributed by atoms with Gasteiger partial charge in [-0.3, -0.25) is 9.52 Å². The summed E-state index contributed by atoms with van der Waals surface area (Å²) in [6.45, 7) is 0.0263. The van der Waals surface area contributed by atoms with Crippen LogP contribution in [0.5, 0.6) is 11.5 Å². The molecule has 30 heavy (non-hydrogen) atoms. The first-order chi connectivity index (χ1) is 14.3. The molecule has 154 valence electrons. The second kappa shape index (κ2) is 8.06. The van der Waals surface area contributed by atoms with Gasteiger partial charge in [0.15, 0.2) is 11.5 Å². The number of para-hydroxylation sites is 1. The van der Waals surface area contributed by atoms with Gasteiger partial charge in [-0.05, 0) is 42.5 Å². The molecule has 7 nitrogen and oxygen atoms in total. The fourth-order valence-electron chi connectivity index (χ4n) is 2.79. The highest BCUT2D eigenvalue weighted by molar-refractivity contribution is 7.92. The number of hydrogen-bond acceptors (Lipinski definition) is 5. The average Bonchev–Trinajstić information content (AvgIpc) is 3.19. The lowest BCUT2D eigenvalue weighted by Crippen LogP contribution is -2.15. The van der Waals surface area contributed by atoms with Gasteiger partial charge in [-0.2, -0.15) is 0 Å². The number of hydrogen-bond donors (Lipinski definition) is 2. The van der Waals surface area contributed by atoms with E-state index in [1.807, 2.05) is 0 Å². The third-order valence-electron chi connectivity index (χ3n) is 4.21. The SMILES string of the molecule is O=C(Nc1cccc(S(=O)(=O)Nc2ccccc2Cl)c1)c1cc(Cl)c2c(c1)OCO2. The maximum absolute atomic E-state index is 12.7. The van der Waals surface area contributed by atoms with Crippen molar-refractivity contribution in [1.82, 2.24) is 0 Å². The van der Waals surface area contributed by atoms with Crippen LogP contribution in [0, 0.1) is 0 Å². The third kappa shape index (κ3) is 4.16. The smallest absolute Gasteiger partial charge is 0.262 e. The first-order valence-corrected chi connectivity index (χ1v) is 10.9. The zero-order chi connectivity index (χ0) is 21.3. The molecule has 1 amide bonds. The highest BCUT2D eigenvalue weighted by atomic mass is 35.5. The van der Waals surface area contributed by atoms with Gasteiger partial charge in [-0.25, -0.2) is 8.42 Å². The average molecular weight is 465 g/mol. The molecule has 0 aromatic heterocycles. The molecule has 0 bridgehead atoms. The van der Waals surface area contributed by atoms with Crippen LogP contribution in [-0.4, -0.2) is 21.1 Å². The Balaban J connectivity index is 1.56. The lowest BCUT2D eigenvalue weighted by Gasteiger charge is -2.11. The summed E-state index contributed by atoms with van der Waals surface area (Å²) in [4.78, 5) is 12.6. The van der Waals surface area contributed by atoms with Gasteiger partial charge < -0.3 is 14.8 Å². The Morgan fingerprint density at radius 2 is 1.73 bits per heavy atom. The number of halogens is 2. The number of carbonyl (C=O) groups is 1. The van der Waals surface area contributed by atoms with Gasteiger partial charge in [0.1, 0.15) is 0 Å². The van der Waals surface area contributed by atoms with Crippen molar-refractivity contribution in [3.63, 3.8) is 0 Å². The van der Waals surface area contributed by atoms with Crippen LogP contribution in [0.25, 0.3) is 0 Å². The van der Waals surface area contributed by atoms with Gasteiger partial charge in [0, 0.05) is 11.3 Å². The molecule has 1 aliphatic heterocycles. The van der Waals surface area contributed by atoms with Crippen molar-refractivity contribution >= 4 is 50.5 Å². The Morgan fingerprint density at radius 3 is 2.53 bits per heavy atom. The largest absolute Gasteiger partial charge is 0.454 e. The van der Waals surface area contributed by atoms with E-state index in [-0.39, 0.29) is 38.7 Å². The monoisotopic (exact) mass is 464 g/mol. The van der Waals surface area contributed by atoms with E-state index in [4.69, 9.17) is 32.7 Å². The molecule has 10 heteroatoms. The number of benzene rings is 3. The van der Waals surface area contributed by atoms with Gasteiger partial charge >= 0.3 is 0 Å². The topological polar surface area (TPSA) is 93.7 Å². The van der Waals surface area contributed by atoms with Gasteiger partial charge in [-0.1, -0.05) is 41.4 Å². The van der Waals surface area contributed by atoms with E-state index in [0.29, 0.717) is 11.5 Å². The summed E-state index contributed by atoms with van der Waals surface area (Å²) in [5.41, 5.74) is 0.783. The fraction of sp³-hybridized carbons (Fsp3) is 0.0500. The normalized spacial score (nSPS) is 12.5. The van der Waals surface area contributed by atoms with E-state index in [1.165, 1.54) is 30.3 Å². The molecule has 0 fully saturated rings. The molecule has 0 atom stereocenters. The van der Waals surface area contributed by atoms with Crippen LogP contribution in [0.3, 0.4) is 0 Å². The number of fused-ring (bicyclic) bond motifs is 1. The first-order valence-electron chi connectivity index (χ1n) is 8.61. The summed E-state index contributed by atoms with van der Waals surface area (Å²) in [6, 6.07) is 15.3. The molecule has 4 rings (SSSR count). The van der Waals surface area contributed by atoms with Crippen molar-refractivity contribution in [2.75, 3.05) is 16.8 Å². The lowest BCUT2D eigenvalue weighted by atomic mass is 10.2. The minimum atomic E-state index is -3.92. The highest BCUT2D eigenvalue weighted by Gasteiger charge is 2.21. The number of sulfonamides is 1. The summed E-state index contributed by atoms with van der Waals surface area (Å²) >= 11 is 12.1. The molecule has 3 aromatic carbocycles. The van der Waals surface area contributed by atoms with E-state index in [1.54, 1.807) is 30.3 Å². The minimum absolute atomic E-state index is 0.0263. The van der Waals surface area contributed by atoms with Gasteiger partial charge in [0.25, 0.3) is 15.9 Å². The number of rotatable bonds is 5. The predicted octanol–water partition coefficient (Wildman–Crippen LogP) is 4.78. The van der Waals surface area contributed by atoms with Crippen LogP contribution < -0.4 is 19.5 Å². The van der Waals surface area contributed by atoms with Gasteiger partial charge in [0.05, 0.1) is 20.6 Å². The molecule has 0 saturated heterocycles. The van der Waals surface area contributed by atoms with Crippen molar-refractivity contribution in [1.29, 1.82) is 0 Å². The van der Waals surface area contributed by atoms with Crippen molar-refractivity contribution in [2.45, 2.75) is 4.90 Å². The fourth-order valence-corrected chi connectivity index (χ4v) is 4.42. The van der Waals surface area contributed by atoms with E-state index < -0.39 is 15.9 Å². The summed E-state index contributed by atoms with van der Waals surface area (Å²) in [7, 11) is -3.92. The third-order valence-corrected chi connectivity index (χ3v) is 6.18. The van der Waals surface area contributed by atoms with Crippen molar-refractivity contribution in [3.05, 3.63) is 76.3 Å². The van der Waals surface area contributed by atoms with Gasteiger partial charge in [-0.15, -0.1) is 0 Å². The van der Waals surface area contributed by atoms with E-state index in [0.717, 1.165) is 0 Å². The van der Waals surface area contributed by atoms with Crippen molar-refractivity contribution in [2.24, 2.45) is 0 Å². The van der Waals surface area contributed by atoms with E-state index in [9.17, 15) is 13.2 Å². The molecule has 0 unspecified atom stereocenters. The van der Waals surface area contributed by atoms with Crippen LogP contribution >= 0.6 is 23.2 Å². The molecule has 0 saturated carbocycles. The van der Waals surface area contributed by atoms with E-state index in [2.05, 4.69) is 10.0 Å². The second-order valence-electron chi connectivity index (χ2n) is 6.26. The number of ether oxygens (including phenoxy) is 2. The molecule has 0 spiro atoms. The second-order valence-corrected chi connectivity index (χ2v) is 8.76. The van der Waals surface area contributed by atoms with Crippen LogP contribution in [0.4, 0.5) is 11.4 Å².